The number of anilines is 1. The third kappa shape index (κ3) is 2.12. The lowest BCUT2D eigenvalue weighted by Crippen LogP contribution is -2.42. The topological polar surface area (TPSA) is 62.0 Å². The van der Waals surface area contributed by atoms with Gasteiger partial charge in [-0.1, -0.05) is 0 Å². The van der Waals surface area contributed by atoms with E-state index in [4.69, 9.17) is 10.00 Å². The highest BCUT2D eigenvalue weighted by molar-refractivity contribution is 5.47. The van der Waals surface area contributed by atoms with E-state index in [2.05, 4.69) is 15.1 Å². The van der Waals surface area contributed by atoms with Crippen LogP contribution in [0, 0.1) is 18.3 Å². The second-order valence-corrected chi connectivity index (χ2v) is 3.98. The van der Waals surface area contributed by atoms with Crippen LogP contribution in [0.2, 0.25) is 0 Å². The summed E-state index contributed by atoms with van der Waals surface area (Å²) in [6.45, 7) is 6.35. The Morgan fingerprint density at radius 2 is 2.38 bits per heavy atom. The SMILES string of the molecule is Cc1cc(C#N)nnc1N1CCOC(C)C1. The van der Waals surface area contributed by atoms with Gasteiger partial charge in [-0.05, 0) is 25.5 Å². The minimum absolute atomic E-state index is 0.214. The lowest BCUT2D eigenvalue weighted by atomic mass is 10.2. The first-order chi connectivity index (χ1) is 7.70. The van der Waals surface area contributed by atoms with Gasteiger partial charge in [0.15, 0.2) is 11.5 Å². The molecular formula is C11H14N4O. The van der Waals surface area contributed by atoms with Crippen molar-refractivity contribution in [2.75, 3.05) is 24.6 Å². The van der Waals surface area contributed by atoms with Crippen LogP contribution in [0.15, 0.2) is 6.07 Å². The summed E-state index contributed by atoms with van der Waals surface area (Å²) in [5, 5.41) is 16.7. The summed E-state index contributed by atoms with van der Waals surface area (Å²) >= 11 is 0. The minimum Gasteiger partial charge on any atom is -0.375 e. The molecule has 1 aromatic heterocycles. The van der Waals surface area contributed by atoms with Crippen LogP contribution in [0.4, 0.5) is 5.82 Å². The molecule has 1 aliphatic heterocycles. The Balaban J connectivity index is 2.23. The number of morpholine rings is 1. The summed E-state index contributed by atoms with van der Waals surface area (Å²) in [5.74, 6) is 0.856. The third-order valence-electron chi connectivity index (χ3n) is 2.61. The van der Waals surface area contributed by atoms with E-state index in [9.17, 15) is 0 Å². The molecule has 0 N–H and O–H groups in total. The first-order valence-electron chi connectivity index (χ1n) is 5.31. The summed E-state index contributed by atoms with van der Waals surface area (Å²) in [7, 11) is 0. The minimum atomic E-state index is 0.214. The van der Waals surface area contributed by atoms with Gasteiger partial charge in [0.1, 0.15) is 6.07 Å². The fraction of sp³-hybridized carbons (Fsp3) is 0.545. The van der Waals surface area contributed by atoms with Gasteiger partial charge in [0.25, 0.3) is 0 Å². The van der Waals surface area contributed by atoms with E-state index in [1.165, 1.54) is 0 Å². The molecule has 0 aromatic carbocycles. The molecule has 16 heavy (non-hydrogen) atoms. The molecule has 0 aliphatic carbocycles. The van der Waals surface area contributed by atoms with E-state index in [0.717, 1.165) is 24.5 Å². The second-order valence-electron chi connectivity index (χ2n) is 3.98. The highest BCUT2D eigenvalue weighted by atomic mass is 16.5. The van der Waals surface area contributed by atoms with E-state index in [1.807, 2.05) is 19.9 Å². The van der Waals surface area contributed by atoms with Gasteiger partial charge in [0, 0.05) is 13.1 Å². The molecule has 0 radical (unpaired) electrons. The van der Waals surface area contributed by atoms with E-state index in [1.54, 1.807) is 6.07 Å². The first kappa shape index (κ1) is 10.8. The highest BCUT2D eigenvalue weighted by Gasteiger charge is 2.19. The van der Waals surface area contributed by atoms with Crippen molar-refractivity contribution >= 4 is 5.82 Å². The molecule has 1 saturated heterocycles. The predicted octanol–water partition coefficient (Wildman–Crippen LogP) is 0.882. The summed E-state index contributed by atoms with van der Waals surface area (Å²) in [6.07, 6.45) is 0.214. The molecule has 1 fully saturated rings. The molecular weight excluding hydrogens is 204 g/mol. The van der Waals surface area contributed by atoms with E-state index < -0.39 is 0 Å². The number of hydrogen-bond donors (Lipinski definition) is 0. The van der Waals surface area contributed by atoms with Gasteiger partial charge in [-0.15, -0.1) is 10.2 Å². The van der Waals surface area contributed by atoms with Gasteiger partial charge < -0.3 is 9.64 Å². The van der Waals surface area contributed by atoms with Crippen molar-refractivity contribution in [1.29, 1.82) is 5.26 Å². The highest BCUT2D eigenvalue weighted by Crippen LogP contribution is 2.18. The van der Waals surface area contributed by atoms with Gasteiger partial charge in [-0.3, -0.25) is 0 Å². The summed E-state index contributed by atoms with van der Waals surface area (Å²) < 4.78 is 5.47. The number of rotatable bonds is 1. The fourth-order valence-corrected chi connectivity index (χ4v) is 1.86. The summed E-state index contributed by atoms with van der Waals surface area (Å²) in [5.41, 5.74) is 1.35. The quantitative estimate of drug-likeness (QED) is 0.700. The lowest BCUT2D eigenvalue weighted by molar-refractivity contribution is 0.0528. The third-order valence-corrected chi connectivity index (χ3v) is 2.61. The van der Waals surface area contributed by atoms with Crippen molar-refractivity contribution in [1.82, 2.24) is 10.2 Å². The van der Waals surface area contributed by atoms with Crippen molar-refractivity contribution in [2.24, 2.45) is 0 Å². The predicted molar refractivity (Wildman–Crippen MR) is 59.1 cm³/mol. The van der Waals surface area contributed by atoms with Gasteiger partial charge in [-0.25, -0.2) is 0 Å². The van der Waals surface area contributed by atoms with Crippen LogP contribution in [0.5, 0.6) is 0 Å². The van der Waals surface area contributed by atoms with Crippen molar-refractivity contribution in [3.63, 3.8) is 0 Å². The van der Waals surface area contributed by atoms with E-state index >= 15 is 0 Å². The molecule has 5 heteroatoms. The maximum Gasteiger partial charge on any atom is 0.163 e. The number of nitrogens with zero attached hydrogens (tertiary/aromatic N) is 4. The Morgan fingerprint density at radius 1 is 1.56 bits per heavy atom. The molecule has 1 aliphatic rings. The van der Waals surface area contributed by atoms with Crippen LogP contribution in [0.3, 0.4) is 0 Å². The van der Waals surface area contributed by atoms with Crippen LogP contribution in [-0.2, 0) is 4.74 Å². The normalized spacial score (nSPS) is 20.6. The Morgan fingerprint density at radius 3 is 3.00 bits per heavy atom. The summed E-state index contributed by atoms with van der Waals surface area (Å²) in [6, 6.07) is 3.76. The standard InChI is InChI=1S/C11H14N4O/c1-8-5-10(6-12)13-14-11(8)15-3-4-16-9(2)7-15/h5,9H,3-4,7H2,1-2H3. The number of hydrogen-bond acceptors (Lipinski definition) is 5. The molecule has 5 nitrogen and oxygen atoms in total. The zero-order chi connectivity index (χ0) is 11.5. The lowest BCUT2D eigenvalue weighted by Gasteiger charge is -2.32. The Bertz CT molecular complexity index is 426. The first-order valence-corrected chi connectivity index (χ1v) is 5.31. The number of nitriles is 1. The molecule has 0 spiro atoms. The van der Waals surface area contributed by atoms with Crippen LogP contribution >= 0.6 is 0 Å². The average molecular weight is 218 g/mol. The largest absolute Gasteiger partial charge is 0.375 e. The van der Waals surface area contributed by atoms with Crippen molar-refractivity contribution in [3.05, 3.63) is 17.3 Å². The Labute approximate surface area is 94.7 Å². The van der Waals surface area contributed by atoms with Crippen molar-refractivity contribution < 1.29 is 4.74 Å². The van der Waals surface area contributed by atoms with Crippen LogP contribution in [0.1, 0.15) is 18.2 Å². The fourth-order valence-electron chi connectivity index (χ4n) is 1.86. The van der Waals surface area contributed by atoms with E-state index in [-0.39, 0.29) is 6.10 Å². The van der Waals surface area contributed by atoms with E-state index in [0.29, 0.717) is 12.3 Å². The van der Waals surface area contributed by atoms with Gasteiger partial charge in [0.2, 0.25) is 0 Å². The molecule has 0 amide bonds. The Hall–Kier alpha value is -1.67. The molecule has 1 unspecified atom stereocenters. The van der Waals surface area contributed by atoms with Crippen LogP contribution in [-0.4, -0.2) is 36.0 Å². The van der Waals surface area contributed by atoms with Crippen molar-refractivity contribution in [2.45, 2.75) is 20.0 Å². The van der Waals surface area contributed by atoms with Gasteiger partial charge in [0.05, 0.1) is 12.7 Å². The molecule has 2 heterocycles. The molecule has 1 atom stereocenters. The molecule has 2 rings (SSSR count). The molecule has 84 valence electrons. The monoisotopic (exact) mass is 218 g/mol. The van der Waals surface area contributed by atoms with Crippen LogP contribution in [0.25, 0.3) is 0 Å². The molecule has 0 bridgehead atoms. The maximum atomic E-state index is 8.72. The maximum absolute atomic E-state index is 8.72. The molecule has 1 aromatic rings. The molecule has 0 saturated carbocycles. The van der Waals surface area contributed by atoms with Crippen LogP contribution < -0.4 is 4.90 Å². The smallest absolute Gasteiger partial charge is 0.163 e. The van der Waals surface area contributed by atoms with Gasteiger partial charge >= 0.3 is 0 Å². The summed E-state index contributed by atoms with van der Waals surface area (Å²) in [4.78, 5) is 2.15. The number of aryl methyl sites for hydroxylation is 1. The number of ether oxygens (including phenoxy) is 1. The van der Waals surface area contributed by atoms with Gasteiger partial charge in [-0.2, -0.15) is 5.26 Å². The van der Waals surface area contributed by atoms with Crippen molar-refractivity contribution in [3.8, 4) is 6.07 Å². The zero-order valence-corrected chi connectivity index (χ0v) is 9.47. The second kappa shape index (κ2) is 4.45. The zero-order valence-electron chi connectivity index (χ0n) is 9.47. The number of aromatic nitrogens is 2. The average Bonchev–Trinajstić information content (AvgIpc) is 2.28. The Kier molecular flexibility index (Phi) is 3.02.